The number of aromatic nitrogens is 3. The average Bonchev–Trinajstić information content (AvgIpc) is 3.35. The summed E-state index contributed by atoms with van der Waals surface area (Å²) in [5.74, 6) is 0.553. The Labute approximate surface area is 163 Å². The van der Waals surface area contributed by atoms with E-state index in [0.717, 1.165) is 22.4 Å². The molecule has 28 heavy (non-hydrogen) atoms. The Morgan fingerprint density at radius 3 is 2.64 bits per heavy atom. The van der Waals surface area contributed by atoms with Crippen LogP contribution in [0.15, 0.2) is 71.3 Å². The van der Waals surface area contributed by atoms with Gasteiger partial charge in [-0.25, -0.2) is 4.68 Å². The summed E-state index contributed by atoms with van der Waals surface area (Å²) in [5, 5.41) is 11.7. The molecule has 142 valence electrons. The van der Waals surface area contributed by atoms with Gasteiger partial charge in [0.25, 0.3) is 5.91 Å². The van der Waals surface area contributed by atoms with Crippen molar-refractivity contribution in [2.45, 2.75) is 26.9 Å². The van der Waals surface area contributed by atoms with Crippen LogP contribution >= 0.6 is 0 Å². The average molecular weight is 374 g/mol. The lowest BCUT2D eigenvalue weighted by atomic mass is 9.91. The molecule has 0 saturated heterocycles. The van der Waals surface area contributed by atoms with E-state index in [-0.39, 0.29) is 17.5 Å². The first-order valence-corrected chi connectivity index (χ1v) is 9.18. The predicted octanol–water partition coefficient (Wildman–Crippen LogP) is 4.67. The largest absolute Gasteiger partial charge is 0.464 e. The maximum absolute atomic E-state index is 13.1. The van der Waals surface area contributed by atoms with Crippen molar-refractivity contribution in [1.82, 2.24) is 20.3 Å². The molecule has 0 aliphatic rings. The van der Waals surface area contributed by atoms with Crippen molar-refractivity contribution in [2.75, 3.05) is 0 Å². The molecule has 0 fully saturated rings. The Morgan fingerprint density at radius 2 is 1.89 bits per heavy atom. The summed E-state index contributed by atoms with van der Waals surface area (Å²) in [6.45, 7) is 6.19. The number of fused-ring (bicyclic) bond motifs is 1. The smallest absolute Gasteiger partial charge is 0.252 e. The van der Waals surface area contributed by atoms with Crippen LogP contribution in [-0.4, -0.2) is 20.9 Å². The molecule has 1 unspecified atom stereocenters. The summed E-state index contributed by atoms with van der Waals surface area (Å²) in [4.78, 5) is 13.1. The van der Waals surface area contributed by atoms with Gasteiger partial charge in [-0.1, -0.05) is 50.3 Å². The molecule has 0 saturated carbocycles. The highest BCUT2D eigenvalue weighted by atomic mass is 16.3. The Hall–Kier alpha value is -3.41. The zero-order valence-corrected chi connectivity index (χ0v) is 16.1. The second-order valence-corrected chi connectivity index (χ2v) is 7.82. The monoisotopic (exact) mass is 374 g/mol. The van der Waals surface area contributed by atoms with E-state index >= 15 is 0 Å². The van der Waals surface area contributed by atoms with Gasteiger partial charge in [-0.3, -0.25) is 4.79 Å². The molecule has 2 aromatic carbocycles. The minimum atomic E-state index is -0.361. The Bertz CT molecular complexity index is 1110. The van der Waals surface area contributed by atoms with Crippen LogP contribution in [0.5, 0.6) is 0 Å². The van der Waals surface area contributed by atoms with Crippen LogP contribution < -0.4 is 5.32 Å². The van der Waals surface area contributed by atoms with Crippen molar-refractivity contribution in [3.05, 3.63) is 72.5 Å². The number of carbonyl (C=O) groups is 1. The molecule has 2 heterocycles. The predicted molar refractivity (Wildman–Crippen MR) is 108 cm³/mol. The standard InChI is InChI=1S/C22H22N4O2/c1-22(2,3)21(26-18-11-5-4-10-17(18)24-25-26)23-20(27)16-9-6-8-15(14-16)19-12-7-13-28-19/h4-14,21H,1-3H3,(H,23,27). The number of hydrogen-bond acceptors (Lipinski definition) is 4. The normalized spacial score (nSPS) is 12.8. The molecule has 4 aromatic rings. The number of furan rings is 1. The maximum atomic E-state index is 13.1. The summed E-state index contributed by atoms with van der Waals surface area (Å²) < 4.78 is 7.22. The second-order valence-electron chi connectivity index (χ2n) is 7.82. The van der Waals surface area contributed by atoms with E-state index in [2.05, 4.69) is 36.4 Å². The Balaban J connectivity index is 1.67. The van der Waals surface area contributed by atoms with Crippen molar-refractivity contribution in [3.8, 4) is 11.3 Å². The highest BCUT2D eigenvalue weighted by Gasteiger charge is 2.30. The van der Waals surface area contributed by atoms with Gasteiger partial charge in [0.05, 0.1) is 11.8 Å². The second kappa shape index (κ2) is 6.96. The number of benzene rings is 2. The fourth-order valence-corrected chi connectivity index (χ4v) is 3.19. The summed E-state index contributed by atoms with van der Waals surface area (Å²) in [5.41, 5.74) is 2.83. The van der Waals surface area contributed by atoms with Crippen molar-refractivity contribution < 1.29 is 9.21 Å². The molecule has 0 spiro atoms. The van der Waals surface area contributed by atoms with E-state index in [0.29, 0.717) is 5.56 Å². The first kappa shape index (κ1) is 18.0. The fourth-order valence-electron chi connectivity index (χ4n) is 3.19. The van der Waals surface area contributed by atoms with Crippen LogP contribution in [0.25, 0.3) is 22.4 Å². The summed E-state index contributed by atoms with van der Waals surface area (Å²) in [6, 6.07) is 18.8. The summed E-state index contributed by atoms with van der Waals surface area (Å²) in [6.07, 6.45) is 1.26. The van der Waals surface area contributed by atoms with Crippen LogP contribution in [0, 0.1) is 5.41 Å². The van der Waals surface area contributed by atoms with Crippen LogP contribution in [0.4, 0.5) is 0 Å². The van der Waals surface area contributed by atoms with Gasteiger partial charge in [0.1, 0.15) is 17.4 Å². The van der Waals surface area contributed by atoms with Crippen molar-refractivity contribution in [1.29, 1.82) is 0 Å². The molecule has 1 atom stereocenters. The molecule has 4 rings (SSSR count). The van der Waals surface area contributed by atoms with Crippen LogP contribution in [0.3, 0.4) is 0 Å². The summed E-state index contributed by atoms with van der Waals surface area (Å²) >= 11 is 0. The lowest BCUT2D eigenvalue weighted by molar-refractivity contribution is 0.0843. The molecular formula is C22H22N4O2. The molecule has 0 bridgehead atoms. The van der Waals surface area contributed by atoms with Gasteiger partial charge in [-0.05, 0) is 36.4 Å². The Morgan fingerprint density at radius 1 is 1.07 bits per heavy atom. The number of amides is 1. The maximum Gasteiger partial charge on any atom is 0.252 e. The fraction of sp³-hybridized carbons (Fsp3) is 0.227. The molecule has 1 amide bonds. The lowest BCUT2D eigenvalue weighted by Crippen LogP contribution is -2.41. The molecule has 0 aliphatic heterocycles. The zero-order chi connectivity index (χ0) is 19.7. The van der Waals surface area contributed by atoms with Gasteiger partial charge < -0.3 is 9.73 Å². The number of rotatable bonds is 4. The van der Waals surface area contributed by atoms with Gasteiger partial charge in [0.15, 0.2) is 0 Å². The number of nitrogens with zero attached hydrogens (tertiary/aromatic N) is 3. The van der Waals surface area contributed by atoms with Crippen LogP contribution in [0.2, 0.25) is 0 Å². The molecule has 0 radical (unpaired) electrons. The van der Waals surface area contributed by atoms with Crippen LogP contribution in [0.1, 0.15) is 37.3 Å². The quantitative estimate of drug-likeness (QED) is 0.563. The van der Waals surface area contributed by atoms with Crippen molar-refractivity contribution >= 4 is 16.9 Å². The third kappa shape index (κ3) is 3.41. The third-order valence-electron chi connectivity index (χ3n) is 4.64. The van der Waals surface area contributed by atoms with Gasteiger partial charge in [0.2, 0.25) is 0 Å². The number of carbonyl (C=O) groups excluding carboxylic acids is 1. The van der Waals surface area contributed by atoms with E-state index in [1.807, 2.05) is 54.6 Å². The molecule has 2 aromatic heterocycles. The first-order chi connectivity index (χ1) is 13.4. The van der Waals surface area contributed by atoms with Crippen molar-refractivity contribution in [2.24, 2.45) is 5.41 Å². The first-order valence-electron chi connectivity index (χ1n) is 9.18. The molecule has 6 heteroatoms. The van der Waals surface area contributed by atoms with E-state index < -0.39 is 0 Å². The SMILES string of the molecule is CC(C)(C)C(NC(=O)c1cccc(-c2ccco2)c1)n1nnc2ccccc21. The lowest BCUT2D eigenvalue weighted by Gasteiger charge is -2.31. The molecule has 6 nitrogen and oxygen atoms in total. The van der Waals surface area contributed by atoms with E-state index in [1.165, 1.54) is 0 Å². The molecule has 1 N–H and O–H groups in total. The minimum Gasteiger partial charge on any atom is -0.464 e. The Kier molecular flexibility index (Phi) is 4.47. The van der Waals surface area contributed by atoms with Gasteiger partial charge in [0, 0.05) is 16.5 Å². The van der Waals surface area contributed by atoms with Gasteiger partial charge in [-0.2, -0.15) is 0 Å². The highest BCUT2D eigenvalue weighted by molar-refractivity contribution is 5.95. The number of para-hydroxylation sites is 1. The third-order valence-corrected chi connectivity index (χ3v) is 4.64. The minimum absolute atomic E-state index is 0.173. The van der Waals surface area contributed by atoms with E-state index in [9.17, 15) is 4.79 Å². The molecular weight excluding hydrogens is 352 g/mol. The van der Waals surface area contributed by atoms with Crippen LogP contribution in [-0.2, 0) is 0 Å². The topological polar surface area (TPSA) is 73.0 Å². The number of hydrogen-bond donors (Lipinski definition) is 1. The van der Waals surface area contributed by atoms with E-state index in [1.54, 1.807) is 17.0 Å². The van der Waals surface area contributed by atoms with Gasteiger partial charge in [-0.15, -0.1) is 5.10 Å². The highest BCUT2D eigenvalue weighted by Crippen LogP contribution is 2.30. The zero-order valence-electron chi connectivity index (χ0n) is 16.1. The van der Waals surface area contributed by atoms with E-state index in [4.69, 9.17) is 4.42 Å². The number of nitrogens with one attached hydrogen (secondary N) is 1. The van der Waals surface area contributed by atoms with Crippen molar-refractivity contribution in [3.63, 3.8) is 0 Å². The molecule has 0 aliphatic carbocycles. The van der Waals surface area contributed by atoms with Gasteiger partial charge >= 0.3 is 0 Å². The summed E-state index contributed by atoms with van der Waals surface area (Å²) in [7, 11) is 0.